The van der Waals surface area contributed by atoms with Crippen molar-refractivity contribution in [2.24, 2.45) is 5.92 Å². The Bertz CT molecular complexity index is 797. The van der Waals surface area contributed by atoms with Crippen molar-refractivity contribution in [1.82, 2.24) is 9.46 Å². The smallest absolute Gasteiger partial charge is 0.248 e. The molecule has 0 aliphatic carbocycles. The van der Waals surface area contributed by atoms with E-state index in [0.717, 1.165) is 25.7 Å². The summed E-state index contributed by atoms with van der Waals surface area (Å²) in [4.78, 5) is 0.241. The molecule has 0 saturated carbocycles. The number of hydrogen-bond donors (Lipinski definition) is 0. The number of nitrogens with zero attached hydrogens (tertiary/aromatic N) is 2. The number of aryl methyl sites for hydroxylation is 4. The van der Waals surface area contributed by atoms with Gasteiger partial charge in [0.1, 0.15) is 10.6 Å². The molecular formula is C19H26N2O3S. The summed E-state index contributed by atoms with van der Waals surface area (Å²) < 4.78 is 32.3. The second-order valence-electron chi connectivity index (χ2n) is 7.03. The molecule has 1 fully saturated rings. The highest BCUT2D eigenvalue weighted by atomic mass is 32.2. The first-order chi connectivity index (χ1) is 11.9. The van der Waals surface area contributed by atoms with Crippen LogP contribution in [0.15, 0.2) is 33.7 Å². The summed E-state index contributed by atoms with van der Waals surface area (Å²) in [5.74, 6) is 0.955. The molecule has 136 valence electrons. The highest BCUT2D eigenvalue weighted by molar-refractivity contribution is 7.89. The van der Waals surface area contributed by atoms with Crippen LogP contribution < -0.4 is 0 Å². The van der Waals surface area contributed by atoms with E-state index in [1.54, 1.807) is 18.2 Å². The van der Waals surface area contributed by atoms with Crippen molar-refractivity contribution in [2.45, 2.75) is 51.3 Å². The Labute approximate surface area is 150 Å². The van der Waals surface area contributed by atoms with Crippen molar-refractivity contribution in [3.63, 3.8) is 0 Å². The molecule has 1 aliphatic rings. The summed E-state index contributed by atoms with van der Waals surface area (Å²) >= 11 is 0. The van der Waals surface area contributed by atoms with Crippen molar-refractivity contribution >= 4 is 10.0 Å². The summed E-state index contributed by atoms with van der Waals surface area (Å²) in [6.07, 6.45) is 3.99. The normalized spacial score (nSPS) is 17.1. The Morgan fingerprint density at radius 1 is 1.12 bits per heavy atom. The van der Waals surface area contributed by atoms with Gasteiger partial charge in [0.25, 0.3) is 0 Å². The Balaban J connectivity index is 1.57. The number of benzene rings is 1. The summed E-state index contributed by atoms with van der Waals surface area (Å²) in [5, 5.41) is 3.78. The van der Waals surface area contributed by atoms with E-state index in [2.05, 4.69) is 36.3 Å². The van der Waals surface area contributed by atoms with Gasteiger partial charge in [-0.2, -0.15) is 4.31 Å². The lowest BCUT2D eigenvalue weighted by atomic mass is 9.91. The Morgan fingerprint density at radius 2 is 1.76 bits per heavy atom. The van der Waals surface area contributed by atoms with Crippen LogP contribution in [-0.2, 0) is 16.4 Å². The molecule has 0 spiro atoms. The maximum Gasteiger partial charge on any atom is 0.248 e. The lowest BCUT2D eigenvalue weighted by Crippen LogP contribution is -2.38. The van der Waals surface area contributed by atoms with Crippen molar-refractivity contribution in [1.29, 1.82) is 0 Å². The van der Waals surface area contributed by atoms with Crippen LogP contribution in [0.1, 0.15) is 41.8 Å². The molecule has 0 bridgehead atoms. The van der Waals surface area contributed by atoms with Gasteiger partial charge in [0.15, 0.2) is 5.76 Å². The third-order valence-corrected chi connectivity index (χ3v) is 7.24. The van der Waals surface area contributed by atoms with Crippen molar-refractivity contribution in [3.05, 3.63) is 46.8 Å². The van der Waals surface area contributed by atoms with Gasteiger partial charge in [-0.1, -0.05) is 35.0 Å². The van der Waals surface area contributed by atoms with Gasteiger partial charge in [-0.3, -0.25) is 0 Å². The van der Waals surface area contributed by atoms with Crippen LogP contribution in [0.25, 0.3) is 0 Å². The first-order valence-corrected chi connectivity index (χ1v) is 10.3. The molecular weight excluding hydrogens is 336 g/mol. The average molecular weight is 362 g/mol. The summed E-state index contributed by atoms with van der Waals surface area (Å²) in [6, 6.07) is 8.67. The first kappa shape index (κ1) is 18.1. The monoisotopic (exact) mass is 362 g/mol. The largest absolute Gasteiger partial charge is 0.360 e. The molecule has 1 saturated heterocycles. The highest BCUT2D eigenvalue weighted by Crippen LogP contribution is 2.29. The topological polar surface area (TPSA) is 63.4 Å². The molecule has 25 heavy (non-hydrogen) atoms. The van der Waals surface area contributed by atoms with E-state index in [0.29, 0.717) is 30.5 Å². The highest BCUT2D eigenvalue weighted by Gasteiger charge is 2.33. The first-order valence-electron chi connectivity index (χ1n) is 8.86. The Morgan fingerprint density at radius 3 is 2.32 bits per heavy atom. The number of aromatic nitrogens is 1. The van der Waals surface area contributed by atoms with Crippen LogP contribution in [0, 0.1) is 26.7 Å². The third kappa shape index (κ3) is 3.96. The fourth-order valence-electron chi connectivity index (χ4n) is 3.54. The van der Waals surface area contributed by atoms with Gasteiger partial charge in [-0.25, -0.2) is 8.42 Å². The molecule has 5 nitrogen and oxygen atoms in total. The predicted molar refractivity (Wildman–Crippen MR) is 97.0 cm³/mol. The van der Waals surface area contributed by atoms with E-state index in [9.17, 15) is 8.42 Å². The summed E-state index contributed by atoms with van der Waals surface area (Å²) in [6.45, 7) is 6.58. The van der Waals surface area contributed by atoms with Gasteiger partial charge in [0.05, 0.1) is 0 Å². The zero-order valence-electron chi connectivity index (χ0n) is 15.2. The van der Waals surface area contributed by atoms with Crippen LogP contribution in [0.5, 0.6) is 0 Å². The second kappa shape index (κ2) is 7.30. The molecule has 1 aromatic heterocycles. The lowest BCUT2D eigenvalue weighted by molar-refractivity contribution is 0.263. The fourth-order valence-corrected chi connectivity index (χ4v) is 5.30. The molecule has 3 rings (SSSR count). The van der Waals surface area contributed by atoms with Crippen molar-refractivity contribution in [2.75, 3.05) is 13.1 Å². The zero-order valence-corrected chi connectivity index (χ0v) is 16.0. The maximum absolute atomic E-state index is 12.8. The Kier molecular flexibility index (Phi) is 5.29. The van der Waals surface area contributed by atoms with Crippen LogP contribution in [-0.4, -0.2) is 31.0 Å². The molecule has 0 N–H and O–H groups in total. The van der Waals surface area contributed by atoms with E-state index in [1.165, 1.54) is 11.1 Å². The molecule has 2 aromatic rings. The zero-order chi connectivity index (χ0) is 18.0. The van der Waals surface area contributed by atoms with Gasteiger partial charge < -0.3 is 4.52 Å². The Hall–Kier alpha value is -1.66. The van der Waals surface area contributed by atoms with E-state index in [1.807, 2.05) is 0 Å². The minimum atomic E-state index is -3.50. The predicted octanol–water partition coefficient (Wildman–Crippen LogP) is 3.63. The molecule has 0 radical (unpaired) electrons. The number of piperidine rings is 1. The standard InChI is InChI=1S/C19H26N2O3S/c1-14-4-6-17(7-5-14)8-9-18-10-12-21(13-11-18)25(22,23)19-15(2)20-24-16(19)3/h4-7,18H,8-13H2,1-3H3. The quantitative estimate of drug-likeness (QED) is 0.815. The summed E-state index contributed by atoms with van der Waals surface area (Å²) in [7, 11) is -3.50. The fraction of sp³-hybridized carbons (Fsp3) is 0.526. The van der Waals surface area contributed by atoms with Gasteiger partial charge in [-0.05, 0) is 57.9 Å². The lowest BCUT2D eigenvalue weighted by Gasteiger charge is -2.31. The van der Waals surface area contributed by atoms with Crippen molar-refractivity contribution < 1.29 is 12.9 Å². The second-order valence-corrected chi connectivity index (χ2v) is 8.90. The van der Waals surface area contributed by atoms with Gasteiger partial charge in [0.2, 0.25) is 10.0 Å². The number of hydrogen-bond acceptors (Lipinski definition) is 4. The third-order valence-electron chi connectivity index (χ3n) is 5.10. The molecule has 1 aromatic carbocycles. The maximum atomic E-state index is 12.8. The molecule has 0 amide bonds. The summed E-state index contributed by atoms with van der Waals surface area (Å²) in [5.41, 5.74) is 3.08. The van der Waals surface area contributed by atoms with Gasteiger partial charge in [-0.15, -0.1) is 0 Å². The SMILES string of the molecule is Cc1ccc(CCC2CCN(S(=O)(=O)c3c(C)noc3C)CC2)cc1. The van der Waals surface area contributed by atoms with Crippen LogP contribution in [0.4, 0.5) is 0 Å². The van der Waals surface area contributed by atoms with Crippen LogP contribution in [0.2, 0.25) is 0 Å². The van der Waals surface area contributed by atoms with Gasteiger partial charge >= 0.3 is 0 Å². The number of sulfonamides is 1. The van der Waals surface area contributed by atoms with Crippen molar-refractivity contribution in [3.8, 4) is 0 Å². The molecule has 6 heteroatoms. The number of rotatable bonds is 5. The van der Waals surface area contributed by atoms with E-state index < -0.39 is 10.0 Å². The van der Waals surface area contributed by atoms with Gasteiger partial charge in [0, 0.05) is 13.1 Å². The molecule has 0 unspecified atom stereocenters. The molecule has 2 heterocycles. The van der Waals surface area contributed by atoms with E-state index >= 15 is 0 Å². The average Bonchev–Trinajstić information content (AvgIpc) is 2.94. The minimum absolute atomic E-state index is 0.241. The molecule has 1 aliphatic heterocycles. The van der Waals surface area contributed by atoms with E-state index in [4.69, 9.17) is 4.52 Å². The van der Waals surface area contributed by atoms with Crippen LogP contribution >= 0.6 is 0 Å². The van der Waals surface area contributed by atoms with Crippen LogP contribution in [0.3, 0.4) is 0 Å². The molecule has 0 atom stereocenters. The van der Waals surface area contributed by atoms with E-state index in [-0.39, 0.29) is 4.90 Å². The minimum Gasteiger partial charge on any atom is -0.360 e.